The van der Waals surface area contributed by atoms with Gasteiger partial charge in [-0.2, -0.15) is 0 Å². The Bertz CT molecular complexity index is 15.5. The molecule has 0 rings (SSSR count). The standard InChI is InChI=1S/ClH.IO3.Na/c;2-1(3)4;/h1H;;/q;-1;+1. The van der Waals surface area contributed by atoms with Crippen LogP contribution < -0.4 is 60.9 Å². The van der Waals surface area contributed by atoms with E-state index in [1.165, 1.54) is 0 Å². The molecule has 0 aromatic rings. The van der Waals surface area contributed by atoms with Crippen LogP contribution >= 0.6 is 12.4 Å². The third-order valence-corrected chi connectivity index (χ3v) is 0. The van der Waals surface area contributed by atoms with E-state index in [0.29, 0.717) is 0 Å². The Labute approximate surface area is 72.5 Å². The van der Waals surface area contributed by atoms with Gasteiger partial charge in [-0.25, -0.2) is 0 Å². The summed E-state index contributed by atoms with van der Waals surface area (Å²) in [5.41, 5.74) is 0. The first-order chi connectivity index (χ1) is 1.73. The second kappa shape index (κ2) is 10.0. The molecular formula is HClINaO3. The van der Waals surface area contributed by atoms with E-state index in [2.05, 4.69) is 0 Å². The molecule has 3 nitrogen and oxygen atoms in total. The number of rotatable bonds is 0. The molecule has 0 bridgehead atoms. The predicted octanol–water partition coefficient (Wildman–Crippen LogP) is -9.14. The molecule has 0 atom stereocenters. The molecule has 0 spiro atoms. The van der Waals surface area contributed by atoms with Crippen molar-refractivity contribution in [2.75, 3.05) is 0 Å². The van der Waals surface area contributed by atoms with Gasteiger partial charge in [-0.15, -0.1) is 12.4 Å². The number of hydrogen-bond acceptors (Lipinski definition) is 3. The van der Waals surface area contributed by atoms with Gasteiger partial charge in [0.15, 0.2) is 0 Å². The summed E-state index contributed by atoms with van der Waals surface area (Å²) in [7, 11) is 0. The largest absolute Gasteiger partial charge is 1.00 e. The molecule has 0 radical (unpaired) electrons. The summed E-state index contributed by atoms with van der Waals surface area (Å²) >= 11 is -4.01. The van der Waals surface area contributed by atoms with Crippen molar-refractivity contribution >= 4 is 12.4 Å². The van der Waals surface area contributed by atoms with E-state index in [1.807, 2.05) is 0 Å². The Hall–Kier alpha value is 1.90. The monoisotopic (exact) mass is 234 g/mol. The molecule has 6 heteroatoms. The number of halogens is 2. The van der Waals surface area contributed by atoms with E-state index in [9.17, 15) is 0 Å². The van der Waals surface area contributed by atoms with E-state index in [1.54, 1.807) is 0 Å². The van der Waals surface area contributed by atoms with E-state index in [-0.39, 0.29) is 42.0 Å². The maximum atomic E-state index is 8.57. The van der Waals surface area contributed by atoms with E-state index < -0.39 is 21.1 Å². The van der Waals surface area contributed by atoms with Crippen molar-refractivity contribution in [3.8, 4) is 0 Å². The van der Waals surface area contributed by atoms with Crippen molar-refractivity contribution in [1.82, 2.24) is 0 Å². The third-order valence-electron chi connectivity index (χ3n) is 0. The number of hydrogen-bond donors (Lipinski definition) is 0. The quantitative estimate of drug-likeness (QED) is 0.309. The maximum absolute atomic E-state index is 8.57. The van der Waals surface area contributed by atoms with Crippen LogP contribution in [0.5, 0.6) is 0 Å². The summed E-state index contributed by atoms with van der Waals surface area (Å²) in [4.78, 5) is 0. The van der Waals surface area contributed by atoms with Gasteiger partial charge in [-0.3, -0.25) is 0 Å². The van der Waals surface area contributed by atoms with Gasteiger partial charge >= 0.3 is 29.6 Å². The van der Waals surface area contributed by atoms with Crippen molar-refractivity contribution in [2.24, 2.45) is 0 Å². The first-order valence-corrected chi connectivity index (χ1v) is 3.11. The van der Waals surface area contributed by atoms with E-state index >= 15 is 0 Å². The third kappa shape index (κ3) is 39.2. The zero-order valence-electron chi connectivity index (χ0n) is 3.01. The molecule has 0 fully saturated rings. The molecule has 0 amide bonds. The van der Waals surface area contributed by atoms with Crippen molar-refractivity contribution < 1.29 is 60.9 Å². The summed E-state index contributed by atoms with van der Waals surface area (Å²) in [6.45, 7) is 0. The molecule has 0 saturated heterocycles. The smallest absolute Gasteiger partial charge is 0.427 e. The van der Waals surface area contributed by atoms with Gasteiger partial charge in [0.1, 0.15) is 0 Å². The van der Waals surface area contributed by atoms with Crippen LogP contribution in [0.15, 0.2) is 0 Å². The van der Waals surface area contributed by atoms with Crippen molar-refractivity contribution in [3.05, 3.63) is 0 Å². The predicted molar refractivity (Wildman–Crippen MR) is 7.25 cm³/mol. The Balaban J connectivity index is -0.0000000450. The van der Waals surface area contributed by atoms with E-state index in [0.717, 1.165) is 0 Å². The van der Waals surface area contributed by atoms with Crippen LogP contribution in [0.3, 0.4) is 0 Å². The molecular weight excluding hydrogens is 233 g/mol. The van der Waals surface area contributed by atoms with Crippen LogP contribution in [0, 0.1) is 0 Å². The topological polar surface area (TPSA) is 69.2 Å². The minimum Gasteiger partial charge on any atom is -0.427 e. The van der Waals surface area contributed by atoms with E-state index in [4.69, 9.17) is 10.3 Å². The molecule has 0 N–H and O–H groups in total. The summed E-state index contributed by atoms with van der Waals surface area (Å²) < 4.78 is 25.7. The van der Waals surface area contributed by atoms with Gasteiger partial charge < -0.3 is 10.3 Å². The minimum atomic E-state index is -4.01. The maximum Gasteiger partial charge on any atom is 1.00 e. The van der Waals surface area contributed by atoms with Gasteiger partial charge in [0.05, 0.1) is 0 Å². The average molecular weight is 234 g/mol. The van der Waals surface area contributed by atoms with Gasteiger partial charge in [-0.05, 0) is 0 Å². The van der Waals surface area contributed by atoms with Gasteiger partial charge in [0.25, 0.3) is 21.1 Å². The Morgan fingerprint density at radius 3 is 1.00 bits per heavy atom. The molecule has 0 aliphatic rings. The normalized spacial score (nSPS) is 6.00. The van der Waals surface area contributed by atoms with Gasteiger partial charge in [-0.1, -0.05) is 0 Å². The van der Waals surface area contributed by atoms with Crippen LogP contribution in [0.1, 0.15) is 0 Å². The van der Waals surface area contributed by atoms with Crippen molar-refractivity contribution in [1.29, 1.82) is 0 Å². The molecule has 0 aliphatic heterocycles. The zero-order chi connectivity index (χ0) is 3.58. The average Bonchev–Trinajstić information content (AvgIpc) is 0.811. The molecule has 0 aliphatic carbocycles. The fourth-order valence-corrected chi connectivity index (χ4v) is 0. The van der Waals surface area contributed by atoms with Crippen LogP contribution in [0.4, 0.5) is 0 Å². The Kier molecular flexibility index (Phi) is 26.1. The minimum absolute atomic E-state index is 0. The second-order valence-electron chi connectivity index (χ2n) is 0.189. The molecule has 0 heterocycles. The molecule has 0 unspecified atom stereocenters. The fraction of sp³-hybridized carbons (Fsp3) is 0. The molecule has 6 heavy (non-hydrogen) atoms. The zero-order valence-corrected chi connectivity index (χ0v) is 7.98. The van der Waals surface area contributed by atoms with Crippen molar-refractivity contribution in [3.63, 3.8) is 0 Å². The van der Waals surface area contributed by atoms with Crippen LogP contribution in [0.2, 0.25) is 0 Å². The van der Waals surface area contributed by atoms with Crippen LogP contribution in [-0.2, 0) is 0 Å². The molecule has 0 aromatic carbocycles. The Morgan fingerprint density at radius 2 is 1.00 bits per heavy atom. The summed E-state index contributed by atoms with van der Waals surface area (Å²) in [6.07, 6.45) is 0. The first-order valence-electron chi connectivity index (χ1n) is 0.463. The van der Waals surface area contributed by atoms with Crippen LogP contribution in [0.25, 0.3) is 0 Å². The Morgan fingerprint density at radius 1 is 1.00 bits per heavy atom. The summed E-state index contributed by atoms with van der Waals surface area (Å²) in [5, 5.41) is 0. The fourth-order valence-electron chi connectivity index (χ4n) is 0. The van der Waals surface area contributed by atoms with Crippen molar-refractivity contribution in [2.45, 2.75) is 0 Å². The SMILES string of the molecule is Cl.[Na+].[O-][I+2]([O-])[O-]. The first kappa shape index (κ1) is 15.7. The molecule has 34 valence electrons. The second-order valence-corrected chi connectivity index (χ2v) is 1.27. The van der Waals surface area contributed by atoms with Crippen LogP contribution in [-0.4, -0.2) is 0 Å². The van der Waals surface area contributed by atoms with Gasteiger partial charge in [0, 0.05) is 0 Å². The molecule has 0 aromatic heterocycles. The summed E-state index contributed by atoms with van der Waals surface area (Å²) in [5.74, 6) is 0. The molecule has 0 saturated carbocycles. The van der Waals surface area contributed by atoms with Gasteiger partial charge in [0.2, 0.25) is 0 Å². The summed E-state index contributed by atoms with van der Waals surface area (Å²) in [6, 6.07) is 0.